The lowest BCUT2D eigenvalue weighted by atomic mass is 9.96. The van der Waals surface area contributed by atoms with E-state index in [4.69, 9.17) is 4.74 Å². The van der Waals surface area contributed by atoms with Crippen LogP contribution in [0.25, 0.3) is 5.57 Å². The number of unbranched alkanes of at least 4 members (excludes halogenated alkanes) is 3. The molecule has 0 heterocycles. The van der Waals surface area contributed by atoms with Gasteiger partial charge in [-0.3, -0.25) is 0 Å². The van der Waals surface area contributed by atoms with Gasteiger partial charge < -0.3 is 4.74 Å². The molecule has 1 aromatic rings. The molecule has 1 nitrogen and oxygen atoms in total. The number of hydrogen-bond acceptors (Lipinski definition) is 1. The fourth-order valence-electron chi connectivity index (χ4n) is 2.41. The molecule has 0 unspecified atom stereocenters. The first kappa shape index (κ1) is 15.8. The molecule has 0 bridgehead atoms. The molecule has 0 atom stereocenters. The van der Waals surface area contributed by atoms with Crippen molar-refractivity contribution in [2.24, 2.45) is 0 Å². The van der Waals surface area contributed by atoms with Crippen molar-refractivity contribution in [2.45, 2.75) is 59.3 Å². The van der Waals surface area contributed by atoms with Gasteiger partial charge in [0, 0.05) is 0 Å². The van der Waals surface area contributed by atoms with Crippen molar-refractivity contribution in [3.05, 3.63) is 41.2 Å². The van der Waals surface area contributed by atoms with Gasteiger partial charge in [0.25, 0.3) is 0 Å². The Morgan fingerprint density at radius 2 is 1.95 bits per heavy atom. The molecule has 0 aromatic heterocycles. The number of methoxy groups -OCH3 is 1. The largest absolute Gasteiger partial charge is 0.504 e. The first-order valence-corrected chi connectivity index (χ1v) is 7.54. The monoisotopic (exact) mass is 260 g/mol. The molecule has 0 N–H and O–H groups in total. The number of aryl methyl sites for hydroxylation is 2. The minimum atomic E-state index is 1.09. The van der Waals surface area contributed by atoms with E-state index in [0.29, 0.717) is 0 Å². The Morgan fingerprint density at radius 1 is 1.16 bits per heavy atom. The van der Waals surface area contributed by atoms with E-state index in [0.717, 1.165) is 12.8 Å². The summed E-state index contributed by atoms with van der Waals surface area (Å²) in [5, 5.41) is 0. The Kier molecular flexibility index (Phi) is 7.32. The van der Waals surface area contributed by atoms with Crippen LogP contribution >= 0.6 is 0 Å². The predicted molar refractivity (Wildman–Crippen MR) is 84.3 cm³/mol. The van der Waals surface area contributed by atoms with Crippen molar-refractivity contribution in [3.8, 4) is 0 Å². The van der Waals surface area contributed by atoms with Crippen molar-refractivity contribution in [2.75, 3.05) is 7.11 Å². The smallest absolute Gasteiger partial charge is 0.0862 e. The number of ether oxygens (including phenoxy) is 1. The van der Waals surface area contributed by atoms with E-state index < -0.39 is 0 Å². The van der Waals surface area contributed by atoms with Crippen LogP contribution in [0.15, 0.2) is 24.5 Å². The van der Waals surface area contributed by atoms with E-state index in [1.54, 1.807) is 7.11 Å². The van der Waals surface area contributed by atoms with Crippen LogP contribution in [0.2, 0.25) is 0 Å². The summed E-state index contributed by atoms with van der Waals surface area (Å²) in [6.07, 6.45) is 9.29. The summed E-state index contributed by atoms with van der Waals surface area (Å²) in [6.45, 7) is 6.65. The van der Waals surface area contributed by atoms with Gasteiger partial charge in [0.15, 0.2) is 0 Å². The molecule has 0 aliphatic carbocycles. The molecule has 0 spiro atoms. The van der Waals surface area contributed by atoms with Gasteiger partial charge in [-0.2, -0.15) is 0 Å². The summed E-state index contributed by atoms with van der Waals surface area (Å²) in [5.74, 6) is 0. The number of rotatable bonds is 8. The van der Waals surface area contributed by atoms with Gasteiger partial charge in [0.05, 0.1) is 13.4 Å². The van der Waals surface area contributed by atoms with E-state index in [9.17, 15) is 0 Å². The maximum Gasteiger partial charge on any atom is 0.0862 e. The topological polar surface area (TPSA) is 9.23 Å². The summed E-state index contributed by atoms with van der Waals surface area (Å²) >= 11 is 0. The molecule has 0 fully saturated rings. The van der Waals surface area contributed by atoms with Gasteiger partial charge in [-0.1, -0.05) is 51.3 Å². The average Bonchev–Trinajstić information content (AvgIpc) is 2.43. The maximum absolute atomic E-state index is 5.26. The third-order valence-electron chi connectivity index (χ3n) is 3.66. The Hall–Kier alpha value is -1.24. The summed E-state index contributed by atoms with van der Waals surface area (Å²) in [4.78, 5) is 0. The van der Waals surface area contributed by atoms with Crippen LogP contribution in [-0.4, -0.2) is 7.11 Å². The van der Waals surface area contributed by atoms with E-state index in [2.05, 4.69) is 39.0 Å². The van der Waals surface area contributed by atoms with E-state index in [-0.39, 0.29) is 0 Å². The van der Waals surface area contributed by atoms with Crippen LogP contribution in [0.4, 0.5) is 0 Å². The Labute approximate surface area is 118 Å². The van der Waals surface area contributed by atoms with Crippen molar-refractivity contribution < 1.29 is 4.74 Å². The van der Waals surface area contributed by atoms with Crippen molar-refractivity contribution in [1.82, 2.24) is 0 Å². The lowest BCUT2D eigenvalue weighted by molar-refractivity contribution is 0.338. The summed E-state index contributed by atoms with van der Waals surface area (Å²) in [7, 11) is 1.74. The van der Waals surface area contributed by atoms with Crippen LogP contribution < -0.4 is 0 Å². The lowest BCUT2D eigenvalue weighted by Crippen LogP contribution is -1.92. The van der Waals surface area contributed by atoms with Gasteiger partial charge in [0.2, 0.25) is 0 Å². The maximum atomic E-state index is 5.26. The molecule has 0 radical (unpaired) electrons. The van der Waals surface area contributed by atoms with Crippen molar-refractivity contribution >= 4 is 5.57 Å². The lowest BCUT2D eigenvalue weighted by Gasteiger charge is -2.11. The highest BCUT2D eigenvalue weighted by molar-refractivity contribution is 5.65. The molecule has 0 aliphatic heterocycles. The number of hydrogen-bond donors (Lipinski definition) is 0. The molecule has 1 aromatic carbocycles. The highest BCUT2D eigenvalue weighted by Crippen LogP contribution is 2.24. The van der Waals surface area contributed by atoms with Crippen LogP contribution in [-0.2, 0) is 11.2 Å². The van der Waals surface area contributed by atoms with Crippen molar-refractivity contribution in [1.29, 1.82) is 0 Å². The zero-order valence-corrected chi connectivity index (χ0v) is 13.0. The van der Waals surface area contributed by atoms with Crippen LogP contribution in [0, 0.1) is 6.92 Å². The van der Waals surface area contributed by atoms with Crippen molar-refractivity contribution in [3.63, 3.8) is 0 Å². The molecular formula is C18H28O. The van der Waals surface area contributed by atoms with Crippen LogP contribution in [0.1, 0.15) is 62.6 Å². The number of benzene rings is 1. The third-order valence-corrected chi connectivity index (χ3v) is 3.66. The molecule has 106 valence electrons. The minimum Gasteiger partial charge on any atom is -0.504 e. The molecule has 19 heavy (non-hydrogen) atoms. The zero-order chi connectivity index (χ0) is 14.1. The molecule has 0 aliphatic rings. The fourth-order valence-corrected chi connectivity index (χ4v) is 2.41. The van der Waals surface area contributed by atoms with Gasteiger partial charge >= 0.3 is 0 Å². The average molecular weight is 260 g/mol. The number of allylic oxidation sites excluding steroid dienone is 1. The molecule has 0 saturated carbocycles. The molecule has 0 amide bonds. The molecule has 1 rings (SSSR count). The van der Waals surface area contributed by atoms with E-state index in [1.807, 2.05) is 6.26 Å². The van der Waals surface area contributed by atoms with E-state index >= 15 is 0 Å². The Morgan fingerprint density at radius 3 is 2.58 bits per heavy atom. The quantitative estimate of drug-likeness (QED) is 0.442. The van der Waals surface area contributed by atoms with Crippen LogP contribution in [0.5, 0.6) is 0 Å². The summed E-state index contributed by atoms with van der Waals surface area (Å²) < 4.78 is 5.26. The van der Waals surface area contributed by atoms with Gasteiger partial charge in [-0.05, 0) is 48.4 Å². The van der Waals surface area contributed by atoms with Gasteiger partial charge in [0.1, 0.15) is 0 Å². The minimum absolute atomic E-state index is 1.09. The second-order valence-corrected chi connectivity index (χ2v) is 5.18. The summed E-state index contributed by atoms with van der Waals surface area (Å²) in [6, 6.07) is 6.77. The highest BCUT2D eigenvalue weighted by atomic mass is 16.5. The zero-order valence-electron chi connectivity index (χ0n) is 13.0. The first-order valence-electron chi connectivity index (χ1n) is 7.54. The first-order chi connectivity index (χ1) is 9.22. The Balaban J connectivity index is 2.78. The third kappa shape index (κ3) is 5.10. The predicted octanol–water partition coefficient (Wildman–Crippen LogP) is 5.52. The van der Waals surface area contributed by atoms with Crippen LogP contribution in [0.3, 0.4) is 0 Å². The van der Waals surface area contributed by atoms with Gasteiger partial charge in [-0.25, -0.2) is 0 Å². The standard InChI is InChI=1S/C18H28O/c1-5-7-8-9-10-18(14-19-4)17-12-11-15(3)16(6-2)13-17/h11-14H,5-10H2,1-4H3/b18-14+. The molecule has 0 saturated heterocycles. The van der Waals surface area contributed by atoms with Gasteiger partial charge in [-0.15, -0.1) is 0 Å². The molecular weight excluding hydrogens is 232 g/mol. The van der Waals surface area contributed by atoms with E-state index in [1.165, 1.54) is 47.9 Å². The second kappa shape index (κ2) is 8.79. The summed E-state index contributed by atoms with van der Waals surface area (Å²) in [5.41, 5.74) is 5.47. The SMILES string of the molecule is CCCCCC/C(=C\OC)c1ccc(C)c(CC)c1. The Bertz CT molecular complexity index is 404. The second-order valence-electron chi connectivity index (χ2n) is 5.18. The molecule has 1 heteroatoms. The highest BCUT2D eigenvalue weighted by Gasteiger charge is 2.05. The normalized spacial score (nSPS) is 11.7. The fraction of sp³-hybridized carbons (Fsp3) is 0.556.